The number of hydrogen-bond donors (Lipinski definition) is 1. The van der Waals surface area contributed by atoms with Crippen LogP contribution in [0.5, 0.6) is 5.75 Å². The Morgan fingerprint density at radius 1 is 1.04 bits per heavy atom. The van der Waals surface area contributed by atoms with Crippen LogP contribution in [0.3, 0.4) is 0 Å². The minimum Gasteiger partial charge on any atom is -0.508 e. The molecule has 134 valence electrons. The van der Waals surface area contributed by atoms with Gasteiger partial charge in [-0.3, -0.25) is 4.99 Å². The zero-order valence-corrected chi connectivity index (χ0v) is 15.7. The zero-order valence-electron chi connectivity index (χ0n) is 14.9. The lowest BCUT2D eigenvalue weighted by Gasteiger charge is -2.07. The van der Waals surface area contributed by atoms with Gasteiger partial charge in [0.25, 0.3) is 0 Å². The highest BCUT2D eigenvalue weighted by Crippen LogP contribution is 2.29. The van der Waals surface area contributed by atoms with Crippen LogP contribution in [0.2, 0.25) is 0 Å². The molecular weight excluding hydrogens is 354 g/mol. The van der Waals surface area contributed by atoms with Gasteiger partial charge in [-0.2, -0.15) is 5.10 Å². The van der Waals surface area contributed by atoms with Gasteiger partial charge in [-0.1, -0.05) is 54.6 Å². The third-order valence-electron chi connectivity index (χ3n) is 4.24. The van der Waals surface area contributed by atoms with Crippen molar-refractivity contribution in [1.82, 2.24) is 4.68 Å². The third kappa shape index (κ3) is 3.55. The normalized spacial score (nSPS) is 12.3. The molecule has 0 unspecified atom stereocenters. The summed E-state index contributed by atoms with van der Waals surface area (Å²) < 4.78 is 1.87. The fourth-order valence-corrected chi connectivity index (χ4v) is 3.91. The summed E-state index contributed by atoms with van der Waals surface area (Å²) in [4.78, 5) is 5.43. The highest BCUT2D eigenvalue weighted by Gasteiger charge is 2.10. The van der Waals surface area contributed by atoms with E-state index < -0.39 is 0 Å². The fraction of sp³-hybridized carbons (Fsp3) is 0.0909. The van der Waals surface area contributed by atoms with Crippen molar-refractivity contribution in [1.29, 1.82) is 0 Å². The van der Waals surface area contributed by atoms with Crippen molar-refractivity contribution in [2.24, 2.45) is 10.1 Å². The van der Waals surface area contributed by atoms with Crippen molar-refractivity contribution >= 4 is 28.3 Å². The molecule has 5 heteroatoms. The van der Waals surface area contributed by atoms with Crippen LogP contribution in [0.4, 0.5) is 0 Å². The fourth-order valence-electron chi connectivity index (χ4n) is 3.02. The molecule has 0 amide bonds. The maximum absolute atomic E-state index is 9.68. The molecule has 1 N–H and O–H groups in total. The molecule has 27 heavy (non-hydrogen) atoms. The van der Waals surface area contributed by atoms with Crippen molar-refractivity contribution in [2.75, 3.05) is 6.54 Å². The first kappa shape index (κ1) is 17.2. The molecule has 0 aliphatic carbocycles. The number of phenols is 1. The molecule has 0 fully saturated rings. The zero-order chi connectivity index (χ0) is 18.6. The Labute approximate surface area is 161 Å². The first-order chi connectivity index (χ1) is 13.3. The first-order valence-corrected chi connectivity index (χ1v) is 9.67. The van der Waals surface area contributed by atoms with Crippen molar-refractivity contribution in [2.45, 2.75) is 6.92 Å². The summed E-state index contributed by atoms with van der Waals surface area (Å²) in [6.45, 7) is 2.71. The van der Waals surface area contributed by atoms with E-state index in [0.29, 0.717) is 6.54 Å². The Bertz CT molecular complexity index is 1180. The molecule has 0 aliphatic rings. The SMILES string of the molecule is CCN=c1scc(-c2cccc3ccccc23)n1N=Cc1cccc(O)c1. The first-order valence-electron chi connectivity index (χ1n) is 8.79. The number of aromatic hydroxyl groups is 1. The number of nitrogens with zero attached hydrogens (tertiary/aromatic N) is 3. The molecule has 0 bridgehead atoms. The number of phenolic OH excluding ortho intramolecular Hbond substituents is 1. The molecule has 1 heterocycles. The minimum absolute atomic E-state index is 0.224. The van der Waals surface area contributed by atoms with E-state index in [9.17, 15) is 5.11 Å². The van der Waals surface area contributed by atoms with Crippen LogP contribution >= 0.6 is 11.3 Å². The van der Waals surface area contributed by atoms with Gasteiger partial charge in [-0.05, 0) is 35.4 Å². The highest BCUT2D eigenvalue weighted by atomic mass is 32.1. The van der Waals surface area contributed by atoms with Crippen LogP contribution in [0, 0.1) is 0 Å². The Hall–Kier alpha value is -3.18. The van der Waals surface area contributed by atoms with Gasteiger partial charge in [-0.25, -0.2) is 4.68 Å². The van der Waals surface area contributed by atoms with E-state index >= 15 is 0 Å². The number of rotatable bonds is 4. The Kier molecular flexibility index (Phi) is 4.85. The summed E-state index contributed by atoms with van der Waals surface area (Å²) in [5, 5.41) is 18.8. The Morgan fingerprint density at radius 3 is 2.70 bits per heavy atom. The Morgan fingerprint density at radius 2 is 1.85 bits per heavy atom. The molecule has 4 aromatic rings. The van der Waals surface area contributed by atoms with E-state index in [1.807, 2.05) is 23.7 Å². The van der Waals surface area contributed by atoms with Gasteiger partial charge in [0.05, 0.1) is 11.9 Å². The summed E-state index contributed by atoms with van der Waals surface area (Å²) in [6, 6.07) is 21.7. The average Bonchev–Trinajstić information content (AvgIpc) is 3.09. The number of aromatic nitrogens is 1. The molecule has 0 atom stereocenters. The standard InChI is InChI=1S/C22H19N3OS/c1-2-23-22-25(24-14-16-7-5-10-18(26)13-16)21(15-27-22)20-12-6-9-17-8-3-4-11-19(17)20/h3-15,26H,2H2,1H3. The van der Waals surface area contributed by atoms with Gasteiger partial charge >= 0.3 is 0 Å². The van der Waals surface area contributed by atoms with Crippen molar-refractivity contribution in [3.05, 3.63) is 82.5 Å². The molecule has 4 rings (SSSR count). The molecule has 0 radical (unpaired) electrons. The smallest absolute Gasteiger partial charge is 0.206 e. The van der Waals surface area contributed by atoms with Gasteiger partial charge in [0.2, 0.25) is 4.80 Å². The van der Waals surface area contributed by atoms with Crippen molar-refractivity contribution in [3.8, 4) is 17.0 Å². The van der Waals surface area contributed by atoms with E-state index in [-0.39, 0.29) is 5.75 Å². The lowest BCUT2D eigenvalue weighted by molar-refractivity contribution is 0.475. The number of thiazole rings is 1. The molecule has 4 nitrogen and oxygen atoms in total. The van der Waals surface area contributed by atoms with E-state index in [4.69, 9.17) is 0 Å². The molecule has 1 aromatic heterocycles. The predicted molar refractivity (Wildman–Crippen MR) is 112 cm³/mol. The lowest BCUT2D eigenvalue weighted by Crippen LogP contribution is -2.12. The van der Waals surface area contributed by atoms with Crippen LogP contribution in [0.1, 0.15) is 12.5 Å². The summed E-state index contributed by atoms with van der Waals surface area (Å²) in [7, 11) is 0. The quantitative estimate of drug-likeness (QED) is 0.509. The number of hydrogen-bond acceptors (Lipinski definition) is 4. The minimum atomic E-state index is 0.224. The largest absolute Gasteiger partial charge is 0.508 e. The predicted octanol–water partition coefficient (Wildman–Crippen LogP) is 4.88. The molecular formula is C22H19N3OS. The van der Waals surface area contributed by atoms with Crippen LogP contribution in [-0.4, -0.2) is 22.5 Å². The van der Waals surface area contributed by atoms with Gasteiger partial charge in [0.15, 0.2) is 0 Å². The monoisotopic (exact) mass is 373 g/mol. The van der Waals surface area contributed by atoms with Crippen molar-refractivity contribution < 1.29 is 5.11 Å². The van der Waals surface area contributed by atoms with Gasteiger partial charge in [0.1, 0.15) is 5.75 Å². The maximum atomic E-state index is 9.68. The van der Waals surface area contributed by atoms with Crippen LogP contribution < -0.4 is 4.80 Å². The summed E-state index contributed by atoms with van der Waals surface area (Å²) in [5.74, 6) is 0.224. The van der Waals surface area contributed by atoms with Gasteiger partial charge < -0.3 is 5.11 Å². The van der Waals surface area contributed by atoms with Gasteiger partial charge in [-0.15, -0.1) is 11.3 Å². The summed E-state index contributed by atoms with van der Waals surface area (Å²) in [6.07, 6.45) is 1.75. The molecule has 3 aromatic carbocycles. The van der Waals surface area contributed by atoms with Crippen LogP contribution in [0.15, 0.2) is 82.2 Å². The van der Waals surface area contributed by atoms with E-state index in [2.05, 4.69) is 51.9 Å². The van der Waals surface area contributed by atoms with Gasteiger partial charge in [0, 0.05) is 17.5 Å². The highest BCUT2D eigenvalue weighted by molar-refractivity contribution is 7.07. The topological polar surface area (TPSA) is 49.9 Å². The molecule has 0 saturated heterocycles. The molecule has 0 saturated carbocycles. The molecule has 0 spiro atoms. The maximum Gasteiger partial charge on any atom is 0.206 e. The second-order valence-corrected chi connectivity index (χ2v) is 6.89. The summed E-state index contributed by atoms with van der Waals surface area (Å²) in [5.41, 5.74) is 2.95. The van der Waals surface area contributed by atoms with Crippen molar-refractivity contribution in [3.63, 3.8) is 0 Å². The lowest BCUT2D eigenvalue weighted by atomic mass is 10.0. The second kappa shape index (κ2) is 7.60. The third-order valence-corrected chi connectivity index (χ3v) is 5.09. The Balaban J connectivity index is 1.88. The van der Waals surface area contributed by atoms with Crippen LogP contribution in [-0.2, 0) is 0 Å². The summed E-state index contributed by atoms with van der Waals surface area (Å²) >= 11 is 1.58. The van der Waals surface area contributed by atoms with E-state index in [1.54, 1.807) is 35.8 Å². The van der Waals surface area contributed by atoms with E-state index in [1.165, 1.54) is 10.8 Å². The van der Waals surface area contributed by atoms with E-state index in [0.717, 1.165) is 21.6 Å². The number of fused-ring (bicyclic) bond motifs is 1. The molecule has 0 aliphatic heterocycles. The second-order valence-electron chi connectivity index (χ2n) is 6.06. The van der Waals surface area contributed by atoms with Crippen LogP contribution in [0.25, 0.3) is 22.0 Å². The average molecular weight is 373 g/mol. The number of benzene rings is 3.